The van der Waals surface area contributed by atoms with Gasteiger partial charge >= 0.3 is 6.18 Å². The average Bonchev–Trinajstić information content (AvgIpc) is 2.85. The molecule has 0 spiro atoms. The van der Waals surface area contributed by atoms with Crippen LogP contribution in [0.2, 0.25) is 0 Å². The highest BCUT2D eigenvalue weighted by molar-refractivity contribution is 7.90. The van der Waals surface area contributed by atoms with E-state index in [-0.39, 0.29) is 31.7 Å². The van der Waals surface area contributed by atoms with E-state index in [0.717, 1.165) is 19.3 Å². The van der Waals surface area contributed by atoms with Crippen molar-refractivity contribution < 1.29 is 21.6 Å². The molecule has 4 nitrogen and oxygen atoms in total. The first kappa shape index (κ1) is 17.0. The zero-order chi connectivity index (χ0) is 15.7. The van der Waals surface area contributed by atoms with Crippen molar-refractivity contribution in [1.29, 1.82) is 0 Å². The topological polar surface area (TPSA) is 72.2 Å². The molecule has 0 radical (unpaired) electrons. The number of alkyl halides is 3. The maximum Gasteiger partial charge on any atom is 0.391 e. The van der Waals surface area contributed by atoms with Crippen LogP contribution in [-0.2, 0) is 10.0 Å². The number of hydrogen-bond acceptors (Lipinski definition) is 3. The zero-order valence-corrected chi connectivity index (χ0v) is 12.7. The molecule has 0 amide bonds. The second-order valence-electron chi connectivity index (χ2n) is 6.29. The maximum absolute atomic E-state index is 12.6. The molecule has 0 aromatic rings. The monoisotopic (exact) mass is 328 g/mol. The van der Waals surface area contributed by atoms with Crippen LogP contribution in [0.1, 0.15) is 44.9 Å². The van der Waals surface area contributed by atoms with Crippen LogP contribution in [0.3, 0.4) is 0 Å². The number of halogens is 3. The van der Waals surface area contributed by atoms with Gasteiger partial charge in [-0.2, -0.15) is 13.2 Å². The first-order valence-electron chi connectivity index (χ1n) is 7.50. The van der Waals surface area contributed by atoms with E-state index in [4.69, 9.17) is 5.73 Å². The second kappa shape index (κ2) is 6.42. The third-order valence-corrected chi connectivity index (χ3v) is 6.79. The second-order valence-corrected chi connectivity index (χ2v) is 8.28. The highest BCUT2D eigenvalue weighted by Crippen LogP contribution is 2.39. The number of hydrogen-bond donors (Lipinski definition) is 2. The van der Waals surface area contributed by atoms with E-state index >= 15 is 0 Å². The predicted octanol–water partition coefficient (Wildman–Crippen LogP) is 2.15. The van der Waals surface area contributed by atoms with Crippen LogP contribution >= 0.6 is 0 Å². The fraction of sp³-hybridized carbons (Fsp3) is 1.00. The minimum atomic E-state index is -4.21. The summed E-state index contributed by atoms with van der Waals surface area (Å²) in [6.07, 6.45) is -1.81. The predicted molar refractivity (Wildman–Crippen MR) is 74.0 cm³/mol. The van der Waals surface area contributed by atoms with Crippen molar-refractivity contribution in [3.63, 3.8) is 0 Å². The Hall–Kier alpha value is -0.340. The summed E-state index contributed by atoms with van der Waals surface area (Å²) in [5, 5.41) is -0.687. The molecule has 21 heavy (non-hydrogen) atoms. The van der Waals surface area contributed by atoms with Crippen molar-refractivity contribution in [2.45, 2.75) is 62.4 Å². The molecule has 0 bridgehead atoms. The minimum Gasteiger partial charge on any atom is -0.330 e. The Labute approximate surface area is 123 Å². The van der Waals surface area contributed by atoms with Crippen LogP contribution < -0.4 is 10.5 Å². The highest BCUT2D eigenvalue weighted by atomic mass is 32.2. The summed E-state index contributed by atoms with van der Waals surface area (Å²) < 4.78 is 65.0. The van der Waals surface area contributed by atoms with Crippen LogP contribution in [0.5, 0.6) is 0 Å². The quantitative estimate of drug-likeness (QED) is 0.830. The first-order valence-corrected chi connectivity index (χ1v) is 9.05. The van der Waals surface area contributed by atoms with Crippen molar-refractivity contribution in [2.75, 3.05) is 6.54 Å². The Morgan fingerprint density at radius 3 is 2.14 bits per heavy atom. The van der Waals surface area contributed by atoms with E-state index in [1.54, 1.807) is 0 Å². The Morgan fingerprint density at radius 2 is 1.67 bits per heavy atom. The van der Waals surface area contributed by atoms with Crippen molar-refractivity contribution in [3.8, 4) is 0 Å². The van der Waals surface area contributed by atoms with Crippen LogP contribution in [0, 0.1) is 11.8 Å². The molecule has 3 N–H and O–H groups in total. The van der Waals surface area contributed by atoms with Gasteiger partial charge in [-0.25, -0.2) is 13.1 Å². The lowest BCUT2D eigenvalue weighted by Gasteiger charge is -2.30. The van der Waals surface area contributed by atoms with Gasteiger partial charge in [0.05, 0.1) is 11.2 Å². The molecular weight excluding hydrogens is 305 g/mol. The Kier molecular flexibility index (Phi) is 5.20. The largest absolute Gasteiger partial charge is 0.391 e. The molecule has 0 heterocycles. The van der Waals surface area contributed by atoms with Crippen LogP contribution in [0.4, 0.5) is 13.2 Å². The van der Waals surface area contributed by atoms with Crippen molar-refractivity contribution in [2.24, 2.45) is 17.6 Å². The molecule has 0 aliphatic heterocycles. The third-order valence-electron chi connectivity index (χ3n) is 4.78. The number of sulfonamides is 1. The van der Waals surface area contributed by atoms with Crippen LogP contribution in [0.15, 0.2) is 0 Å². The number of nitrogens with one attached hydrogen (secondary N) is 1. The van der Waals surface area contributed by atoms with Gasteiger partial charge in [-0.05, 0) is 57.4 Å². The Balaban J connectivity index is 1.87. The summed E-state index contributed by atoms with van der Waals surface area (Å²) in [6.45, 7) is 0.551. The summed E-state index contributed by atoms with van der Waals surface area (Å²) in [5.74, 6) is -1.00. The molecule has 0 aromatic carbocycles. The van der Waals surface area contributed by atoms with Gasteiger partial charge in [-0.1, -0.05) is 0 Å². The molecule has 2 unspecified atom stereocenters. The van der Waals surface area contributed by atoms with Gasteiger partial charge in [0.1, 0.15) is 0 Å². The smallest absolute Gasteiger partial charge is 0.330 e. The van der Waals surface area contributed by atoms with Gasteiger partial charge in [-0.3, -0.25) is 0 Å². The van der Waals surface area contributed by atoms with Crippen molar-refractivity contribution in [1.82, 2.24) is 4.72 Å². The third kappa shape index (κ3) is 4.32. The molecule has 2 saturated carbocycles. The van der Waals surface area contributed by atoms with E-state index in [9.17, 15) is 21.6 Å². The molecular formula is C13H23F3N2O2S. The van der Waals surface area contributed by atoms with Gasteiger partial charge < -0.3 is 5.73 Å². The minimum absolute atomic E-state index is 0.0898. The lowest BCUT2D eigenvalue weighted by molar-refractivity contribution is -0.181. The molecule has 2 aliphatic rings. The Morgan fingerprint density at radius 1 is 1.05 bits per heavy atom. The Bertz CT molecular complexity index is 445. The van der Waals surface area contributed by atoms with E-state index in [2.05, 4.69) is 4.72 Å². The van der Waals surface area contributed by atoms with Crippen molar-refractivity contribution >= 4 is 10.0 Å². The van der Waals surface area contributed by atoms with Crippen LogP contribution in [0.25, 0.3) is 0 Å². The van der Waals surface area contributed by atoms with E-state index < -0.39 is 27.4 Å². The number of nitrogens with two attached hydrogens (primary N) is 1. The first-order chi connectivity index (χ1) is 9.72. The molecule has 2 fully saturated rings. The molecule has 2 aliphatic carbocycles. The van der Waals surface area contributed by atoms with Gasteiger partial charge in [0.25, 0.3) is 0 Å². The normalized spacial score (nSPS) is 35.0. The molecule has 8 heteroatoms. The summed E-state index contributed by atoms with van der Waals surface area (Å²) in [5.41, 5.74) is 5.57. The molecule has 0 aromatic heterocycles. The summed E-state index contributed by atoms with van der Waals surface area (Å²) in [7, 11) is -3.53. The zero-order valence-electron chi connectivity index (χ0n) is 11.9. The van der Waals surface area contributed by atoms with E-state index in [1.807, 2.05) is 0 Å². The van der Waals surface area contributed by atoms with E-state index in [1.165, 1.54) is 0 Å². The molecule has 2 atom stereocenters. The average molecular weight is 328 g/mol. The molecule has 124 valence electrons. The van der Waals surface area contributed by atoms with Crippen LogP contribution in [-0.4, -0.2) is 32.4 Å². The SMILES string of the molecule is NCC1CCC(NS(=O)(=O)C2CCC(C(F)(F)F)CC2)C1. The van der Waals surface area contributed by atoms with Gasteiger partial charge in [0.15, 0.2) is 0 Å². The fourth-order valence-electron chi connectivity index (χ4n) is 3.43. The van der Waals surface area contributed by atoms with Gasteiger partial charge in [-0.15, -0.1) is 0 Å². The standard InChI is InChI=1S/C13H23F3N2O2S/c14-13(15,16)10-2-5-12(6-3-10)21(19,20)18-11-4-1-9(7-11)8-17/h9-12,18H,1-8,17H2. The van der Waals surface area contributed by atoms with Gasteiger partial charge in [0, 0.05) is 6.04 Å². The highest BCUT2D eigenvalue weighted by Gasteiger charge is 2.44. The molecule has 2 rings (SSSR count). The number of rotatable bonds is 4. The maximum atomic E-state index is 12.6. The summed E-state index contributed by atoms with van der Waals surface area (Å²) >= 11 is 0. The lowest BCUT2D eigenvalue weighted by Crippen LogP contribution is -2.42. The molecule has 0 saturated heterocycles. The fourth-order valence-corrected chi connectivity index (χ4v) is 5.19. The summed E-state index contributed by atoms with van der Waals surface area (Å²) in [4.78, 5) is 0. The summed E-state index contributed by atoms with van der Waals surface area (Å²) in [6, 6.07) is -0.108. The van der Waals surface area contributed by atoms with Gasteiger partial charge in [0.2, 0.25) is 10.0 Å². The lowest BCUT2D eigenvalue weighted by atomic mass is 9.88. The van der Waals surface area contributed by atoms with E-state index in [0.29, 0.717) is 12.5 Å². The van der Waals surface area contributed by atoms with Crippen molar-refractivity contribution in [3.05, 3.63) is 0 Å².